The molecule has 1 aromatic carbocycles. The van der Waals surface area contributed by atoms with Crippen molar-refractivity contribution in [2.75, 3.05) is 7.05 Å². The quantitative estimate of drug-likeness (QED) is 0.683. The van der Waals surface area contributed by atoms with Crippen LogP contribution in [0.4, 0.5) is 0 Å². The molecule has 1 N–H and O–H groups in total. The highest BCUT2D eigenvalue weighted by atomic mass is 35.5. The molecule has 0 amide bonds. The molecule has 0 bridgehead atoms. The molecular weight excluding hydrogens is 354 g/mol. The number of aromatic nitrogens is 1. The largest absolute Gasteiger partial charge is 0.459 e. The number of furan rings is 1. The minimum Gasteiger partial charge on any atom is -0.459 e. The normalized spacial score (nSPS) is 19.9. The van der Waals surface area contributed by atoms with Gasteiger partial charge in [0.1, 0.15) is 17.6 Å². The van der Waals surface area contributed by atoms with E-state index in [0.29, 0.717) is 10.1 Å². The predicted molar refractivity (Wildman–Crippen MR) is 102 cm³/mol. The monoisotopic (exact) mass is 369 g/mol. The van der Waals surface area contributed by atoms with E-state index < -0.39 is 0 Å². The van der Waals surface area contributed by atoms with Crippen molar-refractivity contribution in [2.45, 2.75) is 12.1 Å². The van der Waals surface area contributed by atoms with Crippen LogP contribution in [0.2, 0.25) is 5.02 Å². The van der Waals surface area contributed by atoms with Crippen molar-refractivity contribution in [3.8, 4) is 11.3 Å². The van der Waals surface area contributed by atoms with Crippen molar-refractivity contribution in [2.24, 2.45) is 0 Å². The first-order chi connectivity index (χ1) is 12.1. The second-order valence-corrected chi connectivity index (χ2v) is 6.77. The first-order valence-corrected chi connectivity index (χ1v) is 8.72. The summed E-state index contributed by atoms with van der Waals surface area (Å²) in [5.41, 5.74) is 1.92. The van der Waals surface area contributed by atoms with Crippen LogP contribution in [-0.2, 0) is 0 Å². The lowest BCUT2D eigenvalue weighted by Crippen LogP contribution is -2.24. The predicted octanol–water partition coefficient (Wildman–Crippen LogP) is 4.60. The van der Waals surface area contributed by atoms with E-state index in [9.17, 15) is 0 Å². The van der Waals surface area contributed by atoms with Gasteiger partial charge in [0.15, 0.2) is 5.11 Å². The topological polar surface area (TPSA) is 41.3 Å². The molecule has 1 saturated heterocycles. The summed E-state index contributed by atoms with van der Waals surface area (Å²) in [5, 5.41) is 4.73. The third-order valence-corrected chi connectivity index (χ3v) is 5.04. The molecule has 0 saturated carbocycles. The van der Waals surface area contributed by atoms with Crippen LogP contribution in [0.5, 0.6) is 0 Å². The van der Waals surface area contributed by atoms with Crippen LogP contribution in [0.25, 0.3) is 11.3 Å². The van der Waals surface area contributed by atoms with E-state index in [2.05, 4.69) is 10.3 Å². The molecule has 0 aliphatic carbocycles. The van der Waals surface area contributed by atoms with Gasteiger partial charge in [0.05, 0.1) is 11.7 Å². The van der Waals surface area contributed by atoms with Gasteiger partial charge in [-0.2, -0.15) is 0 Å². The van der Waals surface area contributed by atoms with Crippen LogP contribution < -0.4 is 5.32 Å². The highest BCUT2D eigenvalue weighted by Gasteiger charge is 2.39. The lowest BCUT2D eigenvalue weighted by Gasteiger charge is -2.21. The zero-order valence-electron chi connectivity index (χ0n) is 13.5. The van der Waals surface area contributed by atoms with Gasteiger partial charge in [-0.15, -0.1) is 0 Å². The van der Waals surface area contributed by atoms with Crippen molar-refractivity contribution in [1.82, 2.24) is 15.2 Å². The Kier molecular flexibility index (Phi) is 4.19. The van der Waals surface area contributed by atoms with Gasteiger partial charge in [0.2, 0.25) is 0 Å². The SMILES string of the molecule is CN1C(=S)N[C@@H](c2ccccn2)[C@@H]1c1ccc(-c2ccc(Cl)cc2)o1. The number of nitrogens with zero attached hydrogens (tertiary/aromatic N) is 2. The molecule has 4 rings (SSSR count). The van der Waals surface area contributed by atoms with Crippen LogP contribution in [-0.4, -0.2) is 22.0 Å². The number of halogens is 1. The van der Waals surface area contributed by atoms with Crippen LogP contribution in [0, 0.1) is 0 Å². The molecule has 2 aromatic heterocycles. The number of hydrogen-bond donors (Lipinski definition) is 1. The first kappa shape index (κ1) is 16.1. The van der Waals surface area contributed by atoms with Crippen molar-refractivity contribution in [3.63, 3.8) is 0 Å². The highest BCUT2D eigenvalue weighted by molar-refractivity contribution is 7.80. The van der Waals surface area contributed by atoms with Crippen LogP contribution in [0.15, 0.2) is 65.2 Å². The lowest BCUT2D eigenvalue weighted by atomic mass is 10.0. The van der Waals surface area contributed by atoms with E-state index in [1.807, 2.05) is 66.5 Å². The van der Waals surface area contributed by atoms with Crippen LogP contribution in [0.1, 0.15) is 23.5 Å². The fourth-order valence-electron chi connectivity index (χ4n) is 3.10. The zero-order valence-corrected chi connectivity index (χ0v) is 15.1. The van der Waals surface area contributed by atoms with Gasteiger partial charge >= 0.3 is 0 Å². The molecule has 3 aromatic rings. The number of rotatable bonds is 3. The molecule has 1 aliphatic heterocycles. The Hall–Kier alpha value is -2.37. The summed E-state index contributed by atoms with van der Waals surface area (Å²) in [6.07, 6.45) is 1.79. The smallest absolute Gasteiger partial charge is 0.170 e. The molecule has 3 heterocycles. The summed E-state index contributed by atoms with van der Waals surface area (Å²) >= 11 is 11.4. The average molecular weight is 370 g/mol. The van der Waals surface area contributed by atoms with Crippen LogP contribution >= 0.6 is 23.8 Å². The summed E-state index contributed by atoms with van der Waals surface area (Å²) in [6, 6.07) is 17.3. The Balaban J connectivity index is 1.69. The van der Waals surface area contributed by atoms with Gasteiger partial charge < -0.3 is 14.6 Å². The molecule has 126 valence electrons. The van der Waals surface area contributed by atoms with Gasteiger partial charge in [-0.3, -0.25) is 4.98 Å². The minimum absolute atomic E-state index is 0.0524. The Bertz CT molecular complexity index is 895. The van der Waals surface area contributed by atoms with Gasteiger partial charge in [-0.1, -0.05) is 17.7 Å². The molecule has 1 fully saturated rings. The summed E-state index contributed by atoms with van der Waals surface area (Å²) in [6.45, 7) is 0. The molecule has 0 radical (unpaired) electrons. The first-order valence-electron chi connectivity index (χ1n) is 7.93. The molecule has 0 spiro atoms. The Morgan fingerprint density at radius 3 is 2.64 bits per heavy atom. The summed E-state index contributed by atoms with van der Waals surface area (Å²) in [7, 11) is 1.97. The second-order valence-electron chi connectivity index (χ2n) is 5.95. The molecular formula is C19H16ClN3OS. The number of nitrogens with one attached hydrogen (secondary N) is 1. The lowest BCUT2D eigenvalue weighted by molar-refractivity contribution is 0.310. The molecule has 1 aliphatic rings. The van der Waals surface area contributed by atoms with E-state index in [1.54, 1.807) is 6.20 Å². The van der Waals surface area contributed by atoms with Gasteiger partial charge in [-0.25, -0.2) is 0 Å². The average Bonchev–Trinajstić information content (AvgIpc) is 3.22. The van der Waals surface area contributed by atoms with E-state index in [4.69, 9.17) is 28.2 Å². The van der Waals surface area contributed by atoms with Crippen molar-refractivity contribution in [1.29, 1.82) is 0 Å². The maximum atomic E-state index is 6.15. The summed E-state index contributed by atoms with van der Waals surface area (Å²) in [5.74, 6) is 1.65. The third kappa shape index (κ3) is 3.01. The van der Waals surface area contributed by atoms with E-state index >= 15 is 0 Å². The molecule has 25 heavy (non-hydrogen) atoms. The van der Waals surface area contributed by atoms with E-state index in [-0.39, 0.29) is 12.1 Å². The summed E-state index contributed by atoms with van der Waals surface area (Å²) in [4.78, 5) is 6.49. The molecule has 0 unspecified atom stereocenters. The number of likely N-dealkylation sites (N-methyl/N-ethyl adjacent to an activating group) is 1. The number of thiocarbonyl (C=S) groups is 1. The number of pyridine rings is 1. The van der Waals surface area contributed by atoms with Gasteiger partial charge in [0.25, 0.3) is 0 Å². The molecule has 4 nitrogen and oxygen atoms in total. The Morgan fingerprint density at radius 1 is 1.12 bits per heavy atom. The van der Waals surface area contributed by atoms with E-state index in [1.165, 1.54) is 0 Å². The van der Waals surface area contributed by atoms with Crippen molar-refractivity contribution >= 4 is 28.9 Å². The Morgan fingerprint density at radius 2 is 1.92 bits per heavy atom. The van der Waals surface area contributed by atoms with Gasteiger partial charge in [0, 0.05) is 23.8 Å². The third-order valence-electron chi connectivity index (χ3n) is 4.39. The minimum atomic E-state index is -0.0529. The molecule has 6 heteroatoms. The Labute approximate surface area is 156 Å². The maximum absolute atomic E-state index is 6.15. The molecule has 2 atom stereocenters. The number of hydrogen-bond acceptors (Lipinski definition) is 3. The maximum Gasteiger partial charge on any atom is 0.170 e. The van der Waals surface area contributed by atoms with E-state index in [0.717, 1.165) is 22.8 Å². The highest BCUT2D eigenvalue weighted by Crippen LogP contribution is 2.39. The number of benzene rings is 1. The zero-order chi connectivity index (χ0) is 17.4. The second kappa shape index (κ2) is 6.50. The standard InChI is InChI=1S/C19H16ClN3OS/c1-23-18(17(22-19(23)25)14-4-2-3-11-21-14)16-10-9-15(24-16)12-5-7-13(20)8-6-12/h2-11,17-18H,1H3,(H,22,25)/t17-,18-/m0/s1. The summed E-state index contributed by atoms with van der Waals surface area (Å²) < 4.78 is 6.15. The fourth-order valence-corrected chi connectivity index (χ4v) is 3.46. The van der Waals surface area contributed by atoms with Crippen LogP contribution in [0.3, 0.4) is 0 Å². The fraction of sp³-hybridized carbons (Fsp3) is 0.158. The van der Waals surface area contributed by atoms with Crippen molar-refractivity contribution < 1.29 is 4.42 Å². The van der Waals surface area contributed by atoms with Gasteiger partial charge in [-0.05, 0) is 60.7 Å². The van der Waals surface area contributed by atoms with Crippen molar-refractivity contribution in [3.05, 3.63) is 77.3 Å².